The average Bonchev–Trinajstić information content (AvgIpc) is 2.73. The molecule has 0 aromatic heterocycles. The van der Waals surface area contributed by atoms with Crippen molar-refractivity contribution in [3.8, 4) is 0 Å². The molecule has 1 heteroatoms. The van der Waals surface area contributed by atoms with Crippen molar-refractivity contribution >= 4 is 5.78 Å². The summed E-state index contributed by atoms with van der Waals surface area (Å²) in [4.78, 5) is 11.7. The normalized spacial score (nSPS) is 39.9. The zero-order valence-corrected chi connectivity index (χ0v) is 8.05. The van der Waals surface area contributed by atoms with Crippen molar-refractivity contribution < 1.29 is 4.79 Å². The van der Waals surface area contributed by atoms with E-state index in [4.69, 9.17) is 0 Å². The molecule has 2 saturated carbocycles. The van der Waals surface area contributed by atoms with Gasteiger partial charge in [0.25, 0.3) is 0 Å². The van der Waals surface area contributed by atoms with E-state index >= 15 is 0 Å². The van der Waals surface area contributed by atoms with Gasteiger partial charge in [-0.25, -0.2) is 0 Å². The van der Waals surface area contributed by atoms with Gasteiger partial charge >= 0.3 is 0 Å². The highest BCUT2D eigenvalue weighted by molar-refractivity contribution is 5.86. The number of carbonyl (C=O) groups excluding carboxylic acids is 1. The lowest BCUT2D eigenvalue weighted by Gasteiger charge is -2.21. The number of ketones is 1. The molecule has 0 amide bonds. The summed E-state index contributed by atoms with van der Waals surface area (Å²) in [6.45, 7) is 4.43. The summed E-state index contributed by atoms with van der Waals surface area (Å²) in [5.41, 5.74) is 0. The molecule has 0 heterocycles. The second kappa shape index (κ2) is 2.86. The fourth-order valence-electron chi connectivity index (χ4n) is 2.58. The third-order valence-electron chi connectivity index (χ3n) is 3.33. The first-order valence-electron chi connectivity index (χ1n) is 5.22. The monoisotopic (exact) mass is 166 g/mol. The van der Waals surface area contributed by atoms with Crippen molar-refractivity contribution in [2.75, 3.05) is 0 Å². The summed E-state index contributed by atoms with van der Waals surface area (Å²) in [6.07, 6.45) is 4.85. The van der Waals surface area contributed by atoms with Crippen LogP contribution in [0.1, 0.15) is 39.5 Å². The first kappa shape index (κ1) is 8.28. The standard InChI is InChI=1S/C11H18O/c1-7(2)5-9-4-3-8-6-10(8)11(9)12/h7-10H,3-6H2,1-2H3/t8-,9-,10+/m0/s1. The lowest BCUT2D eigenvalue weighted by atomic mass is 9.83. The van der Waals surface area contributed by atoms with Crippen LogP contribution in [0.25, 0.3) is 0 Å². The molecule has 12 heavy (non-hydrogen) atoms. The van der Waals surface area contributed by atoms with Crippen LogP contribution in [-0.4, -0.2) is 5.78 Å². The fourth-order valence-corrected chi connectivity index (χ4v) is 2.58. The van der Waals surface area contributed by atoms with E-state index in [2.05, 4.69) is 13.8 Å². The zero-order chi connectivity index (χ0) is 8.72. The van der Waals surface area contributed by atoms with Crippen LogP contribution in [0.2, 0.25) is 0 Å². The molecular weight excluding hydrogens is 148 g/mol. The second-order valence-corrected chi connectivity index (χ2v) is 4.91. The molecule has 0 saturated heterocycles. The Labute approximate surface area is 74.5 Å². The van der Waals surface area contributed by atoms with Crippen LogP contribution in [-0.2, 0) is 4.79 Å². The van der Waals surface area contributed by atoms with Crippen LogP contribution in [0.5, 0.6) is 0 Å². The fraction of sp³-hybridized carbons (Fsp3) is 0.909. The summed E-state index contributed by atoms with van der Waals surface area (Å²) in [5, 5.41) is 0. The van der Waals surface area contributed by atoms with Gasteiger partial charge in [-0.1, -0.05) is 13.8 Å². The molecule has 68 valence electrons. The van der Waals surface area contributed by atoms with E-state index in [1.807, 2.05) is 0 Å². The number of hydrogen-bond donors (Lipinski definition) is 0. The van der Waals surface area contributed by atoms with Crippen LogP contribution >= 0.6 is 0 Å². The minimum absolute atomic E-state index is 0.425. The minimum atomic E-state index is 0.425. The highest BCUT2D eigenvalue weighted by Gasteiger charge is 2.48. The van der Waals surface area contributed by atoms with Gasteiger partial charge in [-0.15, -0.1) is 0 Å². The Hall–Kier alpha value is -0.330. The first-order chi connectivity index (χ1) is 5.68. The van der Waals surface area contributed by atoms with Crippen molar-refractivity contribution in [2.45, 2.75) is 39.5 Å². The predicted octanol–water partition coefficient (Wildman–Crippen LogP) is 2.65. The van der Waals surface area contributed by atoms with E-state index in [-0.39, 0.29) is 0 Å². The quantitative estimate of drug-likeness (QED) is 0.616. The van der Waals surface area contributed by atoms with Crippen LogP contribution in [0.15, 0.2) is 0 Å². The Bertz CT molecular complexity index is 195. The summed E-state index contributed by atoms with van der Waals surface area (Å²) >= 11 is 0. The number of carbonyl (C=O) groups is 1. The van der Waals surface area contributed by atoms with E-state index in [0.717, 1.165) is 12.3 Å². The molecule has 2 fully saturated rings. The van der Waals surface area contributed by atoms with Gasteiger partial charge in [0, 0.05) is 11.8 Å². The summed E-state index contributed by atoms with van der Waals surface area (Å²) in [6, 6.07) is 0. The summed E-state index contributed by atoms with van der Waals surface area (Å²) < 4.78 is 0. The number of hydrogen-bond acceptors (Lipinski definition) is 1. The van der Waals surface area contributed by atoms with E-state index in [9.17, 15) is 4.79 Å². The molecule has 0 aliphatic heterocycles. The van der Waals surface area contributed by atoms with Gasteiger partial charge in [0.1, 0.15) is 5.78 Å². The highest BCUT2D eigenvalue weighted by atomic mass is 16.1. The van der Waals surface area contributed by atoms with Crippen molar-refractivity contribution in [2.24, 2.45) is 23.7 Å². The first-order valence-corrected chi connectivity index (χ1v) is 5.22. The predicted molar refractivity (Wildman–Crippen MR) is 48.8 cm³/mol. The molecular formula is C11H18O. The molecule has 1 nitrogen and oxygen atoms in total. The average molecular weight is 166 g/mol. The molecule has 0 unspecified atom stereocenters. The molecule has 2 aliphatic carbocycles. The summed E-state index contributed by atoms with van der Waals surface area (Å²) in [5.74, 6) is 3.02. The molecule has 0 aromatic rings. The maximum absolute atomic E-state index is 11.7. The summed E-state index contributed by atoms with van der Waals surface area (Å²) in [7, 11) is 0. The van der Waals surface area contributed by atoms with Crippen LogP contribution in [0, 0.1) is 23.7 Å². The second-order valence-electron chi connectivity index (χ2n) is 4.91. The Balaban J connectivity index is 1.93. The Morgan fingerprint density at radius 3 is 2.83 bits per heavy atom. The number of rotatable bonds is 2. The Kier molecular flexibility index (Phi) is 1.97. The van der Waals surface area contributed by atoms with Gasteiger partial charge < -0.3 is 0 Å². The molecule has 0 spiro atoms. The SMILES string of the molecule is CC(C)C[C@@H]1CC[C@H]2C[C@H]2C1=O. The van der Waals surface area contributed by atoms with Crippen LogP contribution in [0.4, 0.5) is 0 Å². The van der Waals surface area contributed by atoms with Gasteiger partial charge in [0.2, 0.25) is 0 Å². The van der Waals surface area contributed by atoms with Gasteiger partial charge in [-0.3, -0.25) is 4.79 Å². The zero-order valence-electron chi connectivity index (χ0n) is 8.05. The highest BCUT2D eigenvalue weighted by Crippen LogP contribution is 2.50. The number of Topliss-reactive ketones (excluding diaryl/α,β-unsaturated/α-hetero) is 1. The van der Waals surface area contributed by atoms with E-state index in [0.29, 0.717) is 23.5 Å². The van der Waals surface area contributed by atoms with E-state index in [1.165, 1.54) is 19.3 Å². The van der Waals surface area contributed by atoms with Crippen molar-refractivity contribution in [1.82, 2.24) is 0 Å². The molecule has 3 atom stereocenters. The van der Waals surface area contributed by atoms with Crippen LogP contribution < -0.4 is 0 Å². The van der Waals surface area contributed by atoms with Crippen LogP contribution in [0.3, 0.4) is 0 Å². The van der Waals surface area contributed by atoms with Crippen molar-refractivity contribution in [3.05, 3.63) is 0 Å². The lowest BCUT2D eigenvalue weighted by Crippen LogP contribution is -2.23. The molecule has 0 N–H and O–H groups in total. The Morgan fingerprint density at radius 2 is 2.17 bits per heavy atom. The molecule has 2 aliphatic rings. The number of fused-ring (bicyclic) bond motifs is 1. The third-order valence-corrected chi connectivity index (χ3v) is 3.33. The van der Waals surface area contributed by atoms with Gasteiger partial charge in [-0.2, -0.15) is 0 Å². The van der Waals surface area contributed by atoms with E-state index < -0.39 is 0 Å². The smallest absolute Gasteiger partial charge is 0.139 e. The topological polar surface area (TPSA) is 17.1 Å². The van der Waals surface area contributed by atoms with E-state index in [1.54, 1.807) is 0 Å². The van der Waals surface area contributed by atoms with Gasteiger partial charge in [-0.05, 0) is 37.5 Å². The van der Waals surface area contributed by atoms with Crippen molar-refractivity contribution in [3.63, 3.8) is 0 Å². The van der Waals surface area contributed by atoms with Crippen molar-refractivity contribution in [1.29, 1.82) is 0 Å². The van der Waals surface area contributed by atoms with Gasteiger partial charge in [0.15, 0.2) is 0 Å². The maximum atomic E-state index is 11.7. The molecule has 0 bridgehead atoms. The van der Waals surface area contributed by atoms with Gasteiger partial charge in [0.05, 0.1) is 0 Å². The maximum Gasteiger partial charge on any atom is 0.139 e. The molecule has 2 rings (SSSR count). The minimum Gasteiger partial charge on any atom is -0.299 e. The largest absolute Gasteiger partial charge is 0.299 e. The Morgan fingerprint density at radius 1 is 1.42 bits per heavy atom. The molecule has 0 radical (unpaired) electrons. The molecule has 0 aromatic carbocycles. The lowest BCUT2D eigenvalue weighted by molar-refractivity contribution is -0.126. The third kappa shape index (κ3) is 1.41.